The van der Waals surface area contributed by atoms with Crippen LogP contribution in [0.1, 0.15) is 70.9 Å². The molecule has 2 aromatic carbocycles. The Balaban J connectivity index is 1.66. The number of nitrogens with zero attached hydrogens (tertiary/aromatic N) is 1. The molecule has 1 saturated heterocycles. The molecular weight excluding hydrogens is 574 g/mol. The number of Topliss-reactive ketones (excluding diaryl/α,β-unsaturated/α-hetero) is 1. The number of carbonyl (C=O) groups is 3. The summed E-state index contributed by atoms with van der Waals surface area (Å²) in [5, 5.41) is 19.4. The Morgan fingerprint density at radius 2 is 1.60 bits per heavy atom. The minimum Gasteiger partial charge on any atom is -0.480 e. The molecule has 1 aliphatic heterocycles. The Hall–Kier alpha value is -3.02. The van der Waals surface area contributed by atoms with Crippen LogP contribution in [0.15, 0.2) is 59.5 Å². The molecule has 3 unspecified atom stereocenters. The van der Waals surface area contributed by atoms with E-state index in [0.29, 0.717) is 24.1 Å². The van der Waals surface area contributed by atoms with Crippen molar-refractivity contribution in [2.45, 2.75) is 99.7 Å². The Kier molecular flexibility index (Phi) is 11.5. The number of unbranched alkanes of at least 4 members (excludes halogenated alkanes) is 2. The molecule has 0 bridgehead atoms. The molecule has 1 amide bonds. The molecule has 42 heavy (non-hydrogen) atoms. The van der Waals surface area contributed by atoms with Crippen LogP contribution in [0.3, 0.4) is 0 Å². The van der Waals surface area contributed by atoms with E-state index in [0.717, 1.165) is 31.2 Å². The van der Waals surface area contributed by atoms with Crippen LogP contribution in [0.2, 0.25) is 0 Å². The smallest absolute Gasteiger partial charge is 0.326 e. The van der Waals surface area contributed by atoms with E-state index >= 15 is 0 Å². The summed E-state index contributed by atoms with van der Waals surface area (Å²) in [6.07, 6.45) is 4.16. The van der Waals surface area contributed by atoms with Gasteiger partial charge in [0.1, 0.15) is 17.9 Å². The molecule has 1 fully saturated rings. The first-order valence-corrected chi connectivity index (χ1v) is 16.5. The van der Waals surface area contributed by atoms with Gasteiger partial charge in [0.15, 0.2) is 0 Å². The highest BCUT2D eigenvalue weighted by molar-refractivity contribution is 8.02. The molecule has 0 saturated carbocycles. The second-order valence-electron chi connectivity index (χ2n) is 11.3. The van der Waals surface area contributed by atoms with Gasteiger partial charge in [0.05, 0.1) is 10.3 Å². The van der Waals surface area contributed by atoms with Crippen molar-refractivity contribution in [1.29, 1.82) is 5.41 Å². The largest absolute Gasteiger partial charge is 0.480 e. The molecule has 228 valence electrons. The topological polar surface area (TPSA) is 145 Å². The van der Waals surface area contributed by atoms with Crippen molar-refractivity contribution in [3.8, 4) is 0 Å². The van der Waals surface area contributed by atoms with Crippen LogP contribution in [0.5, 0.6) is 0 Å². The number of hydrogen-bond acceptors (Lipinski definition) is 7. The number of ketones is 1. The van der Waals surface area contributed by atoms with Crippen LogP contribution < -0.4 is 5.32 Å². The fourth-order valence-corrected chi connectivity index (χ4v) is 9.00. The lowest BCUT2D eigenvalue weighted by Gasteiger charge is -2.31. The van der Waals surface area contributed by atoms with Crippen LogP contribution in [0.25, 0.3) is 0 Å². The zero-order valence-corrected chi connectivity index (χ0v) is 26.3. The number of thioether (sulfide) groups is 1. The third kappa shape index (κ3) is 8.75. The molecule has 3 rings (SSSR count). The average Bonchev–Trinajstić information content (AvgIpc) is 3.17. The van der Waals surface area contributed by atoms with Gasteiger partial charge in [0.2, 0.25) is 15.9 Å². The third-order valence-electron chi connectivity index (χ3n) is 7.30. The van der Waals surface area contributed by atoms with E-state index in [1.165, 1.54) is 28.2 Å². The highest BCUT2D eigenvalue weighted by atomic mass is 32.2. The lowest BCUT2D eigenvalue weighted by Crippen LogP contribution is -2.57. The standard InChI is InChI=1S/C31H41N3O6S2/c1-21(32)11-7-5-8-12-25(35)19-23-15-17-24(18-16-23)20-27(30(37)38)33-29(36)28-31(3,4)41-22(2)34(28)42(39,40)26-13-9-6-10-14-26/h6,9-10,13-18,22,27-28,32H,5,7-8,11-12,19-20H2,1-4H3,(H,33,36)(H,37,38). The summed E-state index contributed by atoms with van der Waals surface area (Å²) in [6, 6.07) is 12.6. The van der Waals surface area contributed by atoms with Crippen molar-refractivity contribution in [2.75, 3.05) is 0 Å². The molecule has 3 N–H and O–H groups in total. The van der Waals surface area contributed by atoms with E-state index < -0.39 is 44.1 Å². The van der Waals surface area contributed by atoms with Gasteiger partial charge in [0.25, 0.3) is 0 Å². The lowest BCUT2D eigenvalue weighted by molar-refractivity contribution is -0.142. The monoisotopic (exact) mass is 615 g/mol. The Bertz CT molecular complexity index is 1380. The second kappa shape index (κ2) is 14.4. The van der Waals surface area contributed by atoms with Crippen molar-refractivity contribution in [2.24, 2.45) is 0 Å². The van der Waals surface area contributed by atoms with E-state index in [9.17, 15) is 27.9 Å². The number of rotatable bonds is 15. The second-order valence-corrected chi connectivity index (χ2v) is 15.2. The number of amides is 1. The zero-order chi connectivity index (χ0) is 31.1. The highest BCUT2D eigenvalue weighted by Crippen LogP contribution is 2.46. The number of hydrogen-bond donors (Lipinski definition) is 3. The minimum absolute atomic E-state index is 0.00299. The summed E-state index contributed by atoms with van der Waals surface area (Å²) in [7, 11) is -4.03. The fraction of sp³-hybridized carbons (Fsp3) is 0.484. The number of sulfonamides is 1. The molecule has 1 aliphatic rings. The number of benzene rings is 2. The Labute approximate surface area is 253 Å². The van der Waals surface area contributed by atoms with E-state index in [1.807, 2.05) is 0 Å². The maximum Gasteiger partial charge on any atom is 0.326 e. The van der Waals surface area contributed by atoms with Crippen LogP contribution >= 0.6 is 11.8 Å². The van der Waals surface area contributed by atoms with Crippen molar-refractivity contribution >= 4 is 45.2 Å². The molecule has 2 aromatic rings. The predicted octanol–water partition coefficient (Wildman–Crippen LogP) is 4.83. The summed E-state index contributed by atoms with van der Waals surface area (Å²) < 4.78 is 27.5. The van der Waals surface area contributed by atoms with Gasteiger partial charge in [0, 0.05) is 29.7 Å². The number of carboxylic acids is 1. The van der Waals surface area contributed by atoms with Gasteiger partial charge >= 0.3 is 5.97 Å². The van der Waals surface area contributed by atoms with Crippen molar-refractivity contribution < 1.29 is 27.9 Å². The SMILES string of the molecule is CC(=N)CCCCCC(=O)Cc1ccc(CC(NC(=O)C2N(S(=O)(=O)c3ccccc3)C(C)SC2(C)C)C(=O)O)cc1. The minimum atomic E-state index is -4.03. The number of aliphatic carboxylic acids is 1. The van der Waals surface area contributed by atoms with Gasteiger partial charge in [-0.1, -0.05) is 48.9 Å². The summed E-state index contributed by atoms with van der Waals surface area (Å²) in [6.45, 7) is 7.07. The third-order valence-corrected chi connectivity index (χ3v) is 10.8. The zero-order valence-electron chi connectivity index (χ0n) is 24.6. The van der Waals surface area contributed by atoms with Gasteiger partial charge in [-0.25, -0.2) is 13.2 Å². The predicted molar refractivity (Wildman–Crippen MR) is 165 cm³/mol. The molecule has 1 heterocycles. The Morgan fingerprint density at radius 3 is 2.19 bits per heavy atom. The first kappa shape index (κ1) is 33.5. The average molecular weight is 616 g/mol. The van der Waals surface area contributed by atoms with E-state index in [1.54, 1.807) is 70.2 Å². The van der Waals surface area contributed by atoms with Crippen molar-refractivity contribution in [3.63, 3.8) is 0 Å². The maximum absolute atomic E-state index is 13.6. The normalized spacial score (nSPS) is 19.2. The quantitative estimate of drug-likeness (QED) is 0.192. The fourth-order valence-electron chi connectivity index (χ4n) is 5.24. The van der Waals surface area contributed by atoms with Crippen LogP contribution in [-0.2, 0) is 37.2 Å². The molecule has 0 aliphatic carbocycles. The number of carbonyl (C=O) groups excluding carboxylic acids is 2. The van der Waals surface area contributed by atoms with Crippen molar-refractivity contribution in [3.05, 3.63) is 65.7 Å². The molecule has 0 spiro atoms. The van der Waals surface area contributed by atoms with Gasteiger partial charge in [-0.3, -0.25) is 9.59 Å². The summed E-state index contributed by atoms with van der Waals surface area (Å²) >= 11 is 1.35. The number of carboxylic acid groups (broad SMARTS) is 1. The molecule has 9 nitrogen and oxygen atoms in total. The van der Waals surface area contributed by atoms with Crippen molar-refractivity contribution in [1.82, 2.24) is 9.62 Å². The highest BCUT2D eigenvalue weighted by Gasteiger charge is 2.55. The van der Waals surface area contributed by atoms with Crippen LogP contribution in [-0.4, -0.2) is 63.4 Å². The Morgan fingerprint density at radius 1 is 1.00 bits per heavy atom. The maximum atomic E-state index is 13.6. The van der Waals surface area contributed by atoms with E-state index in [4.69, 9.17) is 5.41 Å². The molecule has 0 aromatic heterocycles. The summed E-state index contributed by atoms with van der Waals surface area (Å²) in [5.74, 6) is -1.76. The van der Waals surface area contributed by atoms with Crippen LogP contribution in [0.4, 0.5) is 0 Å². The van der Waals surface area contributed by atoms with E-state index in [-0.39, 0.29) is 17.1 Å². The van der Waals surface area contributed by atoms with Gasteiger partial charge in [-0.2, -0.15) is 4.31 Å². The number of nitrogens with one attached hydrogen (secondary N) is 2. The van der Waals surface area contributed by atoms with E-state index in [2.05, 4.69) is 5.32 Å². The first-order valence-electron chi connectivity index (χ1n) is 14.2. The molecule has 11 heteroatoms. The first-order chi connectivity index (χ1) is 19.7. The van der Waals surface area contributed by atoms with Gasteiger partial charge in [-0.15, -0.1) is 11.8 Å². The molecule has 3 atom stereocenters. The lowest BCUT2D eigenvalue weighted by atomic mass is 9.99. The summed E-state index contributed by atoms with van der Waals surface area (Å²) in [4.78, 5) is 38.2. The molecular formula is C31H41N3O6S2. The molecule has 0 radical (unpaired) electrons. The van der Waals surface area contributed by atoms with Crippen LogP contribution in [0, 0.1) is 5.41 Å². The summed E-state index contributed by atoms with van der Waals surface area (Å²) in [5.41, 5.74) is 2.15. The van der Waals surface area contributed by atoms with Gasteiger partial charge in [-0.05, 0) is 70.2 Å². The van der Waals surface area contributed by atoms with Gasteiger partial charge < -0.3 is 15.8 Å².